The van der Waals surface area contributed by atoms with Crippen LogP contribution < -0.4 is 27.6 Å². The maximum absolute atomic E-state index is 13.5. The number of nitrogen functional groups attached to an aromatic ring is 1. The van der Waals surface area contributed by atoms with E-state index in [2.05, 4.69) is 4.99 Å². The Balaban J connectivity index is 1.90. The molecule has 0 radical (unpaired) electrons. The summed E-state index contributed by atoms with van der Waals surface area (Å²) in [5.74, 6) is 5.68. The minimum atomic E-state index is -0.793. The number of aromatic nitrogens is 3. The molecule has 2 aromatic carbocycles. The zero-order chi connectivity index (χ0) is 25.1. The molecule has 0 saturated carbocycles. The van der Waals surface area contributed by atoms with Crippen molar-refractivity contribution >= 4 is 23.3 Å². The number of aryl methyl sites for hydroxylation is 1. The molecule has 0 spiro atoms. The van der Waals surface area contributed by atoms with Crippen molar-refractivity contribution in [1.29, 1.82) is 0 Å². The number of halogens is 1. The third kappa shape index (κ3) is 5.17. The second-order valence-electron chi connectivity index (χ2n) is 8.34. The van der Waals surface area contributed by atoms with Crippen molar-refractivity contribution in [2.45, 2.75) is 32.9 Å². The lowest BCUT2D eigenvalue weighted by molar-refractivity contribution is -0.145. The lowest BCUT2D eigenvalue weighted by Crippen LogP contribution is -2.58. The lowest BCUT2D eigenvalue weighted by atomic mass is 10.1. The largest absolute Gasteiger partial charge is 0.493 e. The predicted octanol–water partition coefficient (Wildman–Crippen LogP) is 1.59. The van der Waals surface area contributed by atoms with Gasteiger partial charge < -0.3 is 15.3 Å². The fourth-order valence-electron chi connectivity index (χ4n) is 3.92. The van der Waals surface area contributed by atoms with Gasteiger partial charge in [0.25, 0.3) is 0 Å². The molecule has 11 heteroatoms. The van der Waals surface area contributed by atoms with Gasteiger partial charge in [0, 0.05) is 11.6 Å². The summed E-state index contributed by atoms with van der Waals surface area (Å²) in [6.07, 6.45) is 1.73. The highest BCUT2D eigenvalue weighted by Gasteiger charge is 2.20. The van der Waals surface area contributed by atoms with Gasteiger partial charge in [0.1, 0.15) is 5.75 Å². The van der Waals surface area contributed by atoms with Gasteiger partial charge in [0.15, 0.2) is 0 Å². The molecule has 0 fully saturated rings. The molecule has 0 saturated heterocycles. The van der Waals surface area contributed by atoms with Crippen molar-refractivity contribution in [3.8, 4) is 5.75 Å². The number of ether oxygens (including phenoxy) is 2. The van der Waals surface area contributed by atoms with Crippen molar-refractivity contribution in [3.05, 3.63) is 85.2 Å². The van der Waals surface area contributed by atoms with Crippen molar-refractivity contribution in [2.75, 3.05) is 19.6 Å². The molecular formula is C24H26ClN5O5. The lowest BCUT2D eigenvalue weighted by Gasteiger charge is -2.18. The van der Waals surface area contributed by atoms with Crippen LogP contribution in [-0.4, -0.2) is 33.5 Å². The van der Waals surface area contributed by atoms with Crippen LogP contribution in [0, 0.1) is 5.92 Å². The zero-order valence-electron chi connectivity index (χ0n) is 19.4. The highest BCUT2D eigenvalue weighted by molar-refractivity contribution is 6.30. The van der Waals surface area contributed by atoms with Crippen molar-refractivity contribution < 1.29 is 14.3 Å². The third-order valence-corrected chi connectivity index (χ3v) is 6.04. The van der Waals surface area contributed by atoms with E-state index in [9.17, 15) is 14.4 Å². The molecule has 3 aromatic rings. The Morgan fingerprint density at radius 3 is 2.63 bits per heavy atom. The van der Waals surface area contributed by atoms with E-state index in [1.165, 1.54) is 11.7 Å². The van der Waals surface area contributed by atoms with E-state index in [1.807, 2.05) is 12.1 Å². The molecule has 0 amide bonds. The van der Waals surface area contributed by atoms with Crippen molar-refractivity contribution in [3.63, 3.8) is 0 Å². The fourth-order valence-corrected chi connectivity index (χ4v) is 4.05. The molecule has 35 heavy (non-hydrogen) atoms. The first kappa shape index (κ1) is 24.3. The number of nitrogens with zero attached hydrogens (tertiary/aromatic N) is 4. The Bertz CT molecular complexity index is 1440. The number of hydrogen-bond acceptors (Lipinski definition) is 7. The number of hydrogen-bond donors (Lipinski definition) is 1. The topological polar surface area (TPSA) is 123 Å². The number of carbonyl (C=O) groups is 1. The standard InChI is InChI=1S/C24H26ClN5O5/c1-15(21(31)34-2)13-29-23(32)28(14-16-5-7-18(25)8-6-16)22(30(26)24(29)33)27-19-9-10-20-17(12-19)4-3-11-35-20/h5-10,12,15H,3-4,11,13-14,26H2,1-2H3/b27-22-/t15-/m0/s1. The summed E-state index contributed by atoms with van der Waals surface area (Å²) in [6, 6.07) is 12.4. The monoisotopic (exact) mass is 499 g/mol. The number of carbonyl (C=O) groups excluding carboxylic acids is 1. The smallest absolute Gasteiger partial charge is 0.353 e. The fraction of sp³-hybridized carbons (Fsp3) is 0.333. The van der Waals surface area contributed by atoms with Crippen LogP contribution in [0.1, 0.15) is 24.5 Å². The number of esters is 1. The minimum absolute atomic E-state index is 0.0337. The summed E-state index contributed by atoms with van der Waals surface area (Å²) in [4.78, 5) is 43.1. The second kappa shape index (κ2) is 10.2. The number of nitrogens with two attached hydrogens (primary N) is 1. The first-order chi connectivity index (χ1) is 16.8. The van der Waals surface area contributed by atoms with Crippen LogP contribution in [0.25, 0.3) is 0 Å². The highest BCUT2D eigenvalue weighted by atomic mass is 35.5. The zero-order valence-corrected chi connectivity index (χ0v) is 20.2. The van der Waals surface area contributed by atoms with Crippen LogP contribution in [0.4, 0.5) is 5.69 Å². The number of rotatable bonds is 6. The van der Waals surface area contributed by atoms with E-state index in [1.54, 1.807) is 37.3 Å². The van der Waals surface area contributed by atoms with Gasteiger partial charge in [-0.05, 0) is 54.3 Å². The summed E-state index contributed by atoms with van der Waals surface area (Å²) >= 11 is 6.00. The van der Waals surface area contributed by atoms with E-state index in [4.69, 9.17) is 26.9 Å². The Labute approximate surface area is 205 Å². The minimum Gasteiger partial charge on any atom is -0.493 e. The van der Waals surface area contributed by atoms with Crippen LogP contribution in [-0.2, 0) is 29.0 Å². The van der Waals surface area contributed by atoms with Gasteiger partial charge in [0.05, 0.1) is 31.9 Å². The molecule has 10 nitrogen and oxygen atoms in total. The van der Waals surface area contributed by atoms with Crippen LogP contribution in [0.3, 0.4) is 0 Å². The molecule has 1 aliphatic rings. The first-order valence-electron chi connectivity index (χ1n) is 11.1. The van der Waals surface area contributed by atoms with Crippen LogP contribution in [0.15, 0.2) is 57.0 Å². The summed E-state index contributed by atoms with van der Waals surface area (Å²) in [7, 11) is 1.25. The van der Waals surface area contributed by atoms with Gasteiger partial charge in [-0.2, -0.15) is 4.68 Å². The third-order valence-electron chi connectivity index (χ3n) is 5.79. The molecule has 1 aromatic heterocycles. The van der Waals surface area contributed by atoms with Crippen molar-refractivity contribution in [1.82, 2.24) is 13.8 Å². The van der Waals surface area contributed by atoms with E-state index < -0.39 is 23.3 Å². The second-order valence-corrected chi connectivity index (χ2v) is 8.77. The molecular weight excluding hydrogens is 474 g/mol. The summed E-state index contributed by atoms with van der Waals surface area (Å²) in [5, 5.41) is 0.549. The average molecular weight is 500 g/mol. The van der Waals surface area contributed by atoms with Gasteiger partial charge in [0.2, 0.25) is 5.62 Å². The van der Waals surface area contributed by atoms with Crippen molar-refractivity contribution in [2.24, 2.45) is 10.9 Å². The Morgan fingerprint density at radius 2 is 1.91 bits per heavy atom. The summed E-state index contributed by atoms with van der Waals surface area (Å²) < 4.78 is 13.4. The first-order valence-corrected chi connectivity index (χ1v) is 11.5. The molecule has 1 atom stereocenters. The van der Waals surface area contributed by atoms with E-state index >= 15 is 0 Å². The van der Waals surface area contributed by atoms with Gasteiger partial charge in [-0.1, -0.05) is 30.7 Å². The molecule has 1 aliphatic heterocycles. The van der Waals surface area contributed by atoms with Crippen LogP contribution in [0.2, 0.25) is 5.02 Å². The molecule has 0 aliphatic carbocycles. The summed E-state index contributed by atoms with van der Waals surface area (Å²) in [5.41, 5.74) is 0.790. The Kier molecular flexibility index (Phi) is 7.11. The quantitative estimate of drug-likeness (QED) is 0.406. The van der Waals surface area contributed by atoms with E-state index in [0.29, 0.717) is 17.3 Å². The van der Waals surface area contributed by atoms with Gasteiger partial charge in [-0.15, -0.1) is 0 Å². The van der Waals surface area contributed by atoms with E-state index in [-0.39, 0.29) is 18.7 Å². The van der Waals surface area contributed by atoms with E-state index in [0.717, 1.165) is 39.0 Å². The Morgan fingerprint density at radius 1 is 1.17 bits per heavy atom. The molecule has 184 valence electrons. The molecule has 0 bridgehead atoms. The highest BCUT2D eigenvalue weighted by Crippen LogP contribution is 2.28. The normalized spacial score (nSPS) is 14.2. The van der Waals surface area contributed by atoms with Gasteiger partial charge in [-0.25, -0.2) is 19.1 Å². The predicted molar refractivity (Wildman–Crippen MR) is 130 cm³/mol. The van der Waals surface area contributed by atoms with Crippen LogP contribution in [0.5, 0.6) is 5.75 Å². The Hall–Kier alpha value is -3.79. The van der Waals surface area contributed by atoms with Gasteiger partial charge in [-0.3, -0.25) is 9.36 Å². The summed E-state index contributed by atoms with van der Waals surface area (Å²) in [6.45, 7) is 2.11. The number of fused-ring (bicyclic) bond motifs is 1. The molecule has 4 rings (SSSR count). The maximum atomic E-state index is 13.5. The molecule has 2 heterocycles. The number of benzene rings is 2. The molecule has 0 unspecified atom stereocenters. The number of methoxy groups -OCH3 is 1. The average Bonchev–Trinajstić information content (AvgIpc) is 2.87. The van der Waals surface area contributed by atoms with Crippen LogP contribution >= 0.6 is 11.6 Å². The van der Waals surface area contributed by atoms with Gasteiger partial charge >= 0.3 is 17.3 Å². The SMILES string of the molecule is COC(=O)[C@@H](C)Cn1c(=O)n(N)/c(=N\c2ccc3c(c2)CCCO3)n(Cc2ccc(Cl)cc2)c1=O. The maximum Gasteiger partial charge on any atom is 0.353 e. The molecule has 2 N–H and O–H groups in total.